The predicted octanol–water partition coefficient (Wildman–Crippen LogP) is 9.47. The van der Waals surface area contributed by atoms with Crippen molar-refractivity contribution >= 4 is 18.6 Å². The van der Waals surface area contributed by atoms with E-state index < -0.39 is 8.07 Å². The van der Waals surface area contributed by atoms with E-state index in [4.69, 9.17) is 24.9 Å². The zero-order valence-electron chi connectivity index (χ0n) is 28.3. The second kappa shape index (κ2) is 12.5. The van der Waals surface area contributed by atoms with Crippen molar-refractivity contribution in [1.82, 2.24) is 24.9 Å². The third-order valence-electron chi connectivity index (χ3n) is 9.71. The van der Waals surface area contributed by atoms with Crippen molar-refractivity contribution in [3.63, 3.8) is 0 Å². The first-order valence-electron chi connectivity index (χ1n) is 17.2. The van der Waals surface area contributed by atoms with Gasteiger partial charge in [-0.1, -0.05) is 171 Å². The van der Waals surface area contributed by atoms with Crippen LogP contribution in [0.3, 0.4) is 0 Å². The molecular formula is C45H33N5Si. The van der Waals surface area contributed by atoms with Crippen LogP contribution in [0.2, 0.25) is 13.1 Å². The summed E-state index contributed by atoms with van der Waals surface area (Å²) in [5.74, 6) is 2.69. The Balaban J connectivity index is 1.10. The van der Waals surface area contributed by atoms with Crippen LogP contribution in [0.15, 0.2) is 164 Å². The summed E-state index contributed by atoms with van der Waals surface area (Å²) in [6.07, 6.45) is 0. The highest BCUT2D eigenvalue weighted by Crippen LogP contribution is 2.37. The molecule has 0 saturated heterocycles. The topological polar surface area (TPSA) is 64.5 Å². The predicted molar refractivity (Wildman–Crippen MR) is 210 cm³/mol. The molecule has 0 atom stereocenters. The smallest absolute Gasteiger partial charge is 0.164 e. The lowest BCUT2D eigenvalue weighted by Gasteiger charge is -2.19. The second-order valence-corrected chi connectivity index (χ2v) is 17.6. The minimum atomic E-state index is -2.05. The molecule has 6 heteroatoms. The van der Waals surface area contributed by atoms with Gasteiger partial charge in [0.15, 0.2) is 23.3 Å². The van der Waals surface area contributed by atoms with Crippen molar-refractivity contribution in [2.24, 2.45) is 0 Å². The lowest BCUT2D eigenvalue weighted by molar-refractivity contribution is 1.07. The molecule has 5 nitrogen and oxygen atoms in total. The van der Waals surface area contributed by atoms with Crippen LogP contribution < -0.4 is 10.5 Å². The third-order valence-corrected chi connectivity index (χ3v) is 13.0. The van der Waals surface area contributed by atoms with Gasteiger partial charge in [-0.05, 0) is 27.9 Å². The molecule has 2 aromatic heterocycles. The van der Waals surface area contributed by atoms with Crippen molar-refractivity contribution in [2.45, 2.75) is 13.1 Å². The van der Waals surface area contributed by atoms with Crippen LogP contribution >= 0.6 is 0 Å². The largest absolute Gasteiger partial charge is 0.237 e. The van der Waals surface area contributed by atoms with Crippen molar-refractivity contribution in [3.8, 4) is 79.1 Å². The maximum Gasteiger partial charge on any atom is 0.164 e. The molecule has 6 aromatic carbocycles. The summed E-state index contributed by atoms with van der Waals surface area (Å²) >= 11 is 0. The highest BCUT2D eigenvalue weighted by atomic mass is 28.3. The van der Waals surface area contributed by atoms with Crippen molar-refractivity contribution in [2.75, 3.05) is 0 Å². The molecule has 51 heavy (non-hydrogen) atoms. The highest BCUT2D eigenvalue weighted by molar-refractivity contribution is 7.03. The normalized spacial score (nSPS) is 12.7. The number of benzene rings is 6. The molecule has 3 heterocycles. The van der Waals surface area contributed by atoms with Gasteiger partial charge in [-0.2, -0.15) is 0 Å². The van der Waals surface area contributed by atoms with Gasteiger partial charge in [0.2, 0.25) is 0 Å². The first-order chi connectivity index (χ1) is 25.0. The summed E-state index contributed by atoms with van der Waals surface area (Å²) in [4.78, 5) is 25.3. The Labute approximate surface area is 298 Å². The molecule has 1 aliphatic rings. The molecule has 0 fully saturated rings. The third kappa shape index (κ3) is 5.56. The molecule has 0 N–H and O–H groups in total. The summed E-state index contributed by atoms with van der Waals surface area (Å²) < 4.78 is 0. The standard InChI is InChI=1S/C45H33N5Si/c1-51(2)38-24-13-12-23-37(38)39-40(31-15-6-3-7-16-31)46-44(50-45(39)51)36-22-14-21-35(29-36)30-25-27-34(28-26-30)43-48-41(32-17-8-4-9-18-32)47-42(49-43)33-19-10-5-11-20-33/h3-29H,1-2H3. The Morgan fingerprint density at radius 2 is 0.804 bits per heavy atom. The second-order valence-electron chi connectivity index (χ2n) is 13.4. The fourth-order valence-electron chi connectivity index (χ4n) is 7.06. The van der Waals surface area contributed by atoms with Gasteiger partial charge in [0.05, 0.1) is 5.69 Å². The van der Waals surface area contributed by atoms with Crippen LogP contribution in [0.5, 0.6) is 0 Å². The van der Waals surface area contributed by atoms with Gasteiger partial charge in [0.25, 0.3) is 0 Å². The maximum atomic E-state index is 5.36. The number of nitrogens with zero attached hydrogens (tertiary/aromatic N) is 5. The average molecular weight is 672 g/mol. The van der Waals surface area contributed by atoms with Gasteiger partial charge in [-0.3, -0.25) is 0 Å². The first-order valence-corrected chi connectivity index (χ1v) is 20.2. The molecule has 0 unspecified atom stereocenters. The SMILES string of the molecule is C[Si]1(C)c2ccccc2-c2c(-c3ccccc3)nc(-c3cccc(-c4ccc(-c5nc(-c6ccccc6)nc(-c6ccccc6)n5)cc4)c3)nc21. The van der Waals surface area contributed by atoms with Gasteiger partial charge in [-0.25, -0.2) is 24.9 Å². The number of hydrogen-bond donors (Lipinski definition) is 0. The minimum Gasteiger partial charge on any atom is -0.237 e. The van der Waals surface area contributed by atoms with Gasteiger partial charge < -0.3 is 0 Å². The fraction of sp³-hybridized carbons (Fsp3) is 0.0444. The number of fused-ring (bicyclic) bond motifs is 3. The average Bonchev–Trinajstić information content (AvgIpc) is 3.44. The monoisotopic (exact) mass is 671 g/mol. The fourth-order valence-corrected chi connectivity index (χ4v) is 9.98. The van der Waals surface area contributed by atoms with Crippen LogP contribution in [-0.2, 0) is 0 Å². The molecule has 8 aromatic rings. The molecule has 0 spiro atoms. The van der Waals surface area contributed by atoms with Crippen molar-refractivity contribution in [3.05, 3.63) is 164 Å². The van der Waals surface area contributed by atoms with E-state index in [1.165, 1.54) is 21.6 Å². The van der Waals surface area contributed by atoms with Gasteiger partial charge in [0, 0.05) is 38.7 Å². The van der Waals surface area contributed by atoms with Gasteiger partial charge in [-0.15, -0.1) is 0 Å². The Hall–Kier alpha value is -6.37. The van der Waals surface area contributed by atoms with Crippen LogP contribution in [0.25, 0.3) is 79.1 Å². The summed E-state index contributed by atoms with van der Waals surface area (Å²) in [5, 5.41) is 2.62. The summed E-state index contributed by atoms with van der Waals surface area (Å²) in [6.45, 7) is 4.80. The molecule has 9 rings (SSSR count). The van der Waals surface area contributed by atoms with Crippen molar-refractivity contribution in [1.29, 1.82) is 0 Å². The Morgan fingerprint density at radius 3 is 1.41 bits per heavy atom. The van der Waals surface area contributed by atoms with E-state index in [0.29, 0.717) is 17.5 Å². The zero-order chi connectivity index (χ0) is 34.4. The molecule has 0 bridgehead atoms. The Morgan fingerprint density at radius 1 is 0.353 bits per heavy atom. The summed E-state index contributed by atoms with van der Waals surface area (Å²) in [7, 11) is -2.05. The summed E-state index contributed by atoms with van der Waals surface area (Å²) in [6, 6.07) is 56.4. The van der Waals surface area contributed by atoms with E-state index in [2.05, 4.69) is 116 Å². The van der Waals surface area contributed by atoms with Gasteiger partial charge >= 0.3 is 0 Å². The van der Waals surface area contributed by atoms with E-state index in [0.717, 1.165) is 50.5 Å². The molecule has 242 valence electrons. The molecular weight excluding hydrogens is 639 g/mol. The maximum absolute atomic E-state index is 5.36. The number of hydrogen-bond acceptors (Lipinski definition) is 5. The zero-order valence-corrected chi connectivity index (χ0v) is 29.3. The molecule has 0 saturated carbocycles. The van der Waals surface area contributed by atoms with Crippen LogP contribution in [-0.4, -0.2) is 33.0 Å². The van der Waals surface area contributed by atoms with Crippen molar-refractivity contribution < 1.29 is 0 Å². The molecule has 0 radical (unpaired) electrons. The molecule has 0 amide bonds. The van der Waals surface area contributed by atoms with Gasteiger partial charge in [0.1, 0.15) is 8.07 Å². The first kappa shape index (κ1) is 30.7. The van der Waals surface area contributed by atoms with E-state index in [1.54, 1.807) is 0 Å². The van der Waals surface area contributed by atoms with E-state index >= 15 is 0 Å². The Kier molecular flexibility index (Phi) is 7.52. The summed E-state index contributed by atoms with van der Waals surface area (Å²) in [5.41, 5.74) is 10.6. The lowest BCUT2D eigenvalue weighted by atomic mass is 9.99. The van der Waals surface area contributed by atoms with Crippen LogP contribution in [0.4, 0.5) is 0 Å². The van der Waals surface area contributed by atoms with E-state index in [9.17, 15) is 0 Å². The van der Waals surface area contributed by atoms with Crippen LogP contribution in [0, 0.1) is 0 Å². The lowest BCUT2D eigenvalue weighted by Crippen LogP contribution is -2.50. The number of rotatable bonds is 6. The van der Waals surface area contributed by atoms with E-state index in [1.807, 2.05) is 60.7 Å². The molecule has 0 aliphatic carbocycles. The highest BCUT2D eigenvalue weighted by Gasteiger charge is 2.41. The molecule has 1 aliphatic heterocycles. The Bertz CT molecular complexity index is 2480. The van der Waals surface area contributed by atoms with Crippen LogP contribution in [0.1, 0.15) is 0 Å². The minimum absolute atomic E-state index is 0.635. The quantitative estimate of drug-likeness (QED) is 0.165. The number of aromatic nitrogens is 5. The van der Waals surface area contributed by atoms with E-state index in [-0.39, 0.29) is 0 Å².